The van der Waals surface area contributed by atoms with Gasteiger partial charge in [-0.1, -0.05) is 6.42 Å². The minimum atomic E-state index is 0.525. The molecule has 6 heteroatoms. The van der Waals surface area contributed by atoms with Crippen LogP contribution in [0.4, 0.5) is 0 Å². The van der Waals surface area contributed by atoms with Crippen LogP contribution in [0, 0.1) is 6.92 Å². The molecule has 1 aliphatic heterocycles. The molecule has 0 spiro atoms. The van der Waals surface area contributed by atoms with Crippen molar-refractivity contribution in [1.29, 1.82) is 0 Å². The normalized spacial score (nSPS) is 21.3. The van der Waals surface area contributed by atoms with Crippen molar-refractivity contribution >= 4 is 17.3 Å². The number of hydrogen-bond donors (Lipinski definition) is 1. The van der Waals surface area contributed by atoms with E-state index in [0.717, 1.165) is 29.8 Å². The Kier molecular flexibility index (Phi) is 6.84. The zero-order chi connectivity index (χ0) is 16.8. The average molecular weight is 338 g/mol. The van der Waals surface area contributed by atoms with Gasteiger partial charge in [0.2, 0.25) is 0 Å². The van der Waals surface area contributed by atoms with Crippen LogP contribution in [0.25, 0.3) is 0 Å². The lowest BCUT2D eigenvalue weighted by Gasteiger charge is -2.38. The number of guanidine groups is 1. The van der Waals surface area contributed by atoms with Gasteiger partial charge in [0.25, 0.3) is 0 Å². The van der Waals surface area contributed by atoms with Crippen molar-refractivity contribution < 1.29 is 0 Å². The third-order valence-corrected chi connectivity index (χ3v) is 5.44. The number of nitrogens with one attached hydrogen (secondary N) is 1. The van der Waals surface area contributed by atoms with E-state index >= 15 is 0 Å². The molecule has 2 unspecified atom stereocenters. The quantitative estimate of drug-likeness (QED) is 0.663. The number of aromatic nitrogens is 1. The summed E-state index contributed by atoms with van der Waals surface area (Å²) in [6.07, 6.45) is 4.02. The molecule has 1 saturated heterocycles. The molecule has 23 heavy (non-hydrogen) atoms. The molecule has 1 aromatic heterocycles. The topological polar surface area (TPSA) is 43.8 Å². The van der Waals surface area contributed by atoms with Crippen LogP contribution in [0.15, 0.2) is 10.4 Å². The molecule has 130 valence electrons. The van der Waals surface area contributed by atoms with Crippen LogP contribution in [-0.4, -0.2) is 60.0 Å². The summed E-state index contributed by atoms with van der Waals surface area (Å²) < 4.78 is 0. The molecule has 5 nitrogen and oxygen atoms in total. The fourth-order valence-electron chi connectivity index (χ4n) is 3.31. The maximum Gasteiger partial charge on any atom is 0.193 e. The van der Waals surface area contributed by atoms with Gasteiger partial charge in [-0.15, -0.1) is 11.3 Å². The summed E-state index contributed by atoms with van der Waals surface area (Å²) in [4.78, 5) is 13.7. The number of aryl methyl sites for hydroxylation is 1. The average Bonchev–Trinajstić information content (AvgIpc) is 2.93. The standard InChI is InChI=1S/C17H31N5S/c1-13-8-6-7-9-22(13)14(2)10-19-17(18-4)21(5)11-16-12-23-15(3)20-16/h12-14H,6-11H2,1-5H3,(H,18,19). The molecule has 1 fully saturated rings. The summed E-state index contributed by atoms with van der Waals surface area (Å²) in [7, 11) is 3.91. The highest BCUT2D eigenvalue weighted by Gasteiger charge is 2.23. The Hall–Kier alpha value is -1.14. The number of thiazole rings is 1. The maximum absolute atomic E-state index is 4.53. The van der Waals surface area contributed by atoms with Gasteiger partial charge in [-0.3, -0.25) is 9.89 Å². The molecule has 0 radical (unpaired) electrons. The second-order valence-corrected chi connectivity index (χ2v) is 7.64. The second kappa shape index (κ2) is 8.64. The molecule has 0 saturated carbocycles. The smallest absolute Gasteiger partial charge is 0.193 e. The van der Waals surface area contributed by atoms with E-state index in [4.69, 9.17) is 0 Å². The van der Waals surface area contributed by atoms with E-state index in [0.29, 0.717) is 12.1 Å². The first-order valence-electron chi connectivity index (χ1n) is 8.59. The summed E-state index contributed by atoms with van der Waals surface area (Å²) in [5.74, 6) is 0.937. The third kappa shape index (κ3) is 5.18. The van der Waals surface area contributed by atoms with Crippen LogP contribution in [0.2, 0.25) is 0 Å². The summed E-state index contributed by atoms with van der Waals surface area (Å²) in [6, 6.07) is 1.22. The van der Waals surface area contributed by atoms with E-state index in [1.54, 1.807) is 11.3 Å². The predicted octanol–water partition coefficient (Wildman–Crippen LogP) is 2.72. The van der Waals surface area contributed by atoms with E-state index in [9.17, 15) is 0 Å². The van der Waals surface area contributed by atoms with Crippen molar-refractivity contribution in [2.75, 3.05) is 27.2 Å². The molecule has 0 bridgehead atoms. The van der Waals surface area contributed by atoms with Crippen molar-refractivity contribution in [1.82, 2.24) is 20.1 Å². The number of aliphatic imine (C=N–C) groups is 1. The van der Waals surface area contributed by atoms with Gasteiger partial charge < -0.3 is 10.2 Å². The van der Waals surface area contributed by atoms with Gasteiger partial charge in [0.15, 0.2) is 5.96 Å². The molecule has 0 amide bonds. The SMILES string of the molecule is CN=C(NCC(C)N1CCCCC1C)N(C)Cc1csc(C)n1. The lowest BCUT2D eigenvalue weighted by Crippen LogP contribution is -2.50. The first-order valence-corrected chi connectivity index (χ1v) is 9.47. The molecule has 2 atom stereocenters. The number of hydrogen-bond acceptors (Lipinski definition) is 4. The van der Waals surface area contributed by atoms with Gasteiger partial charge in [-0.05, 0) is 40.2 Å². The molecule has 2 rings (SSSR count). The van der Waals surface area contributed by atoms with Crippen molar-refractivity contribution in [2.45, 2.75) is 58.7 Å². The monoisotopic (exact) mass is 337 g/mol. The molecule has 1 aromatic rings. The lowest BCUT2D eigenvalue weighted by atomic mass is 10.0. The Bertz CT molecular complexity index is 513. The number of likely N-dealkylation sites (tertiary alicyclic amines) is 1. The highest BCUT2D eigenvalue weighted by Crippen LogP contribution is 2.18. The Balaban J connectivity index is 1.84. The fraction of sp³-hybridized carbons (Fsp3) is 0.765. The third-order valence-electron chi connectivity index (χ3n) is 4.62. The maximum atomic E-state index is 4.53. The number of nitrogens with zero attached hydrogens (tertiary/aromatic N) is 4. The highest BCUT2D eigenvalue weighted by atomic mass is 32.1. The molecule has 1 aliphatic rings. The van der Waals surface area contributed by atoms with Crippen molar-refractivity contribution in [3.63, 3.8) is 0 Å². The zero-order valence-corrected chi connectivity index (χ0v) is 16.0. The first kappa shape index (κ1) is 18.2. The number of piperidine rings is 1. The highest BCUT2D eigenvalue weighted by molar-refractivity contribution is 7.09. The molecular weight excluding hydrogens is 306 g/mol. The molecule has 0 aromatic carbocycles. The van der Waals surface area contributed by atoms with E-state index in [1.807, 2.05) is 14.0 Å². The summed E-state index contributed by atoms with van der Waals surface area (Å²) in [5, 5.41) is 6.76. The van der Waals surface area contributed by atoms with Crippen molar-refractivity contribution in [3.8, 4) is 0 Å². The lowest BCUT2D eigenvalue weighted by molar-refractivity contribution is 0.115. The first-order chi connectivity index (χ1) is 11.0. The minimum Gasteiger partial charge on any atom is -0.355 e. The van der Waals surface area contributed by atoms with Crippen LogP contribution in [-0.2, 0) is 6.54 Å². The molecule has 1 N–H and O–H groups in total. The van der Waals surface area contributed by atoms with Crippen molar-refractivity contribution in [3.05, 3.63) is 16.1 Å². The van der Waals surface area contributed by atoms with Gasteiger partial charge in [0.1, 0.15) is 0 Å². The Labute approximate surface area is 144 Å². The largest absolute Gasteiger partial charge is 0.355 e. The fourth-order valence-corrected chi connectivity index (χ4v) is 3.92. The van der Waals surface area contributed by atoms with Gasteiger partial charge in [-0.2, -0.15) is 0 Å². The van der Waals surface area contributed by atoms with E-state index in [1.165, 1.54) is 25.8 Å². The van der Waals surface area contributed by atoms with Crippen LogP contribution >= 0.6 is 11.3 Å². The Morgan fingerprint density at radius 2 is 2.35 bits per heavy atom. The molecular formula is C17H31N5S. The second-order valence-electron chi connectivity index (χ2n) is 6.57. The molecule has 0 aliphatic carbocycles. The van der Waals surface area contributed by atoms with E-state index < -0.39 is 0 Å². The summed E-state index contributed by atoms with van der Waals surface area (Å²) in [5.41, 5.74) is 1.11. The van der Waals surface area contributed by atoms with Gasteiger partial charge >= 0.3 is 0 Å². The minimum absolute atomic E-state index is 0.525. The van der Waals surface area contributed by atoms with Gasteiger partial charge in [-0.25, -0.2) is 4.98 Å². The predicted molar refractivity (Wildman–Crippen MR) is 99.2 cm³/mol. The Morgan fingerprint density at radius 1 is 1.57 bits per heavy atom. The number of rotatable bonds is 5. The summed E-state index contributed by atoms with van der Waals surface area (Å²) in [6.45, 7) is 9.64. The van der Waals surface area contributed by atoms with Crippen molar-refractivity contribution in [2.24, 2.45) is 4.99 Å². The van der Waals surface area contributed by atoms with Crippen LogP contribution in [0.5, 0.6) is 0 Å². The van der Waals surface area contributed by atoms with Gasteiger partial charge in [0.05, 0.1) is 17.2 Å². The Morgan fingerprint density at radius 3 is 2.96 bits per heavy atom. The van der Waals surface area contributed by atoms with Gasteiger partial charge in [0, 0.05) is 38.1 Å². The molecule has 2 heterocycles. The van der Waals surface area contributed by atoms with Crippen LogP contribution in [0.3, 0.4) is 0 Å². The summed E-state index contributed by atoms with van der Waals surface area (Å²) >= 11 is 1.70. The zero-order valence-electron chi connectivity index (χ0n) is 15.2. The van der Waals surface area contributed by atoms with Crippen LogP contribution < -0.4 is 5.32 Å². The van der Waals surface area contributed by atoms with E-state index in [-0.39, 0.29) is 0 Å². The van der Waals surface area contributed by atoms with Crippen LogP contribution in [0.1, 0.15) is 43.8 Å². The van der Waals surface area contributed by atoms with E-state index in [2.05, 4.69) is 51.4 Å².